The Morgan fingerprint density at radius 2 is 1.91 bits per heavy atom. The highest BCUT2D eigenvalue weighted by molar-refractivity contribution is 5.53. The molecule has 114 valence electrons. The van der Waals surface area contributed by atoms with E-state index in [1.807, 2.05) is 42.6 Å². The second-order valence-electron chi connectivity index (χ2n) is 5.00. The molecule has 0 saturated heterocycles. The third kappa shape index (κ3) is 2.51. The van der Waals surface area contributed by atoms with E-state index in [1.165, 1.54) is 0 Å². The number of ether oxygens (including phenoxy) is 2. The molecule has 5 heteroatoms. The van der Waals surface area contributed by atoms with Gasteiger partial charge in [0.1, 0.15) is 5.82 Å². The van der Waals surface area contributed by atoms with E-state index >= 15 is 0 Å². The minimum absolute atomic E-state index is 0.430. The van der Waals surface area contributed by atoms with Gasteiger partial charge in [-0.1, -0.05) is 12.1 Å². The van der Waals surface area contributed by atoms with E-state index in [0.29, 0.717) is 13.0 Å². The molecule has 2 heterocycles. The molecule has 5 nitrogen and oxygen atoms in total. The van der Waals surface area contributed by atoms with Gasteiger partial charge >= 0.3 is 0 Å². The quantitative estimate of drug-likeness (QED) is 0.785. The van der Waals surface area contributed by atoms with Crippen LogP contribution >= 0.6 is 0 Å². The molecular weight excluding hydrogens is 278 g/mol. The van der Waals surface area contributed by atoms with Crippen molar-refractivity contribution < 1.29 is 9.47 Å². The van der Waals surface area contributed by atoms with Gasteiger partial charge in [-0.05, 0) is 29.8 Å². The second-order valence-corrected chi connectivity index (χ2v) is 5.00. The van der Waals surface area contributed by atoms with Crippen LogP contribution in [-0.2, 0) is 13.0 Å². The molecule has 2 N–H and O–H groups in total. The predicted octanol–water partition coefficient (Wildman–Crippen LogP) is 2.40. The maximum absolute atomic E-state index is 5.79. The minimum atomic E-state index is 0.430. The summed E-state index contributed by atoms with van der Waals surface area (Å²) in [6.45, 7) is 0.430. The Bertz CT molecular complexity index is 796. The molecule has 0 fully saturated rings. The Balaban J connectivity index is 2.00. The van der Waals surface area contributed by atoms with Crippen molar-refractivity contribution in [3.05, 3.63) is 59.7 Å². The maximum Gasteiger partial charge on any atom is 0.161 e. The summed E-state index contributed by atoms with van der Waals surface area (Å²) in [4.78, 5) is 4.67. The van der Waals surface area contributed by atoms with Crippen LogP contribution in [0, 0.1) is 0 Å². The smallest absolute Gasteiger partial charge is 0.161 e. The van der Waals surface area contributed by atoms with Gasteiger partial charge < -0.3 is 19.6 Å². The van der Waals surface area contributed by atoms with Crippen molar-refractivity contribution >= 4 is 5.52 Å². The minimum Gasteiger partial charge on any atom is -0.493 e. The SMILES string of the molecule is COc1ccc(Cc2nc(CN)c3ccccn23)cc1OC. The fourth-order valence-electron chi connectivity index (χ4n) is 2.62. The number of nitrogens with zero attached hydrogens (tertiary/aromatic N) is 2. The number of benzene rings is 1. The van der Waals surface area contributed by atoms with Gasteiger partial charge in [-0.15, -0.1) is 0 Å². The van der Waals surface area contributed by atoms with Crippen molar-refractivity contribution in [2.45, 2.75) is 13.0 Å². The van der Waals surface area contributed by atoms with Crippen LogP contribution in [0.1, 0.15) is 17.1 Å². The molecule has 0 bridgehead atoms. The number of aromatic nitrogens is 2. The van der Waals surface area contributed by atoms with Crippen LogP contribution in [0.3, 0.4) is 0 Å². The zero-order valence-corrected chi connectivity index (χ0v) is 12.7. The summed E-state index contributed by atoms with van der Waals surface area (Å²) in [6.07, 6.45) is 2.71. The summed E-state index contributed by atoms with van der Waals surface area (Å²) < 4.78 is 12.7. The third-order valence-corrected chi connectivity index (χ3v) is 3.70. The molecule has 0 aliphatic rings. The lowest BCUT2D eigenvalue weighted by atomic mass is 10.1. The number of nitrogens with two attached hydrogens (primary N) is 1. The van der Waals surface area contributed by atoms with Crippen molar-refractivity contribution in [2.24, 2.45) is 5.73 Å². The van der Waals surface area contributed by atoms with Gasteiger partial charge in [0.25, 0.3) is 0 Å². The Kier molecular flexibility index (Phi) is 3.98. The predicted molar refractivity (Wildman–Crippen MR) is 85.4 cm³/mol. The van der Waals surface area contributed by atoms with Gasteiger partial charge in [0, 0.05) is 19.2 Å². The zero-order valence-electron chi connectivity index (χ0n) is 12.7. The first-order chi connectivity index (χ1) is 10.8. The van der Waals surface area contributed by atoms with Crippen LogP contribution in [0.15, 0.2) is 42.6 Å². The highest BCUT2D eigenvalue weighted by atomic mass is 16.5. The average molecular weight is 297 g/mol. The van der Waals surface area contributed by atoms with Gasteiger partial charge in [0.15, 0.2) is 11.5 Å². The molecule has 0 saturated carbocycles. The highest BCUT2D eigenvalue weighted by Crippen LogP contribution is 2.28. The van der Waals surface area contributed by atoms with E-state index < -0.39 is 0 Å². The second kappa shape index (κ2) is 6.07. The molecular formula is C17H19N3O2. The monoisotopic (exact) mass is 297 g/mol. The molecule has 2 aromatic heterocycles. The van der Waals surface area contributed by atoms with E-state index in [4.69, 9.17) is 15.2 Å². The lowest BCUT2D eigenvalue weighted by Crippen LogP contribution is -1.98. The topological polar surface area (TPSA) is 61.8 Å². The number of pyridine rings is 1. The van der Waals surface area contributed by atoms with Gasteiger partial charge in [0.05, 0.1) is 25.4 Å². The number of fused-ring (bicyclic) bond motifs is 1. The molecule has 0 amide bonds. The normalized spacial score (nSPS) is 10.9. The van der Waals surface area contributed by atoms with Gasteiger partial charge in [-0.3, -0.25) is 0 Å². The molecule has 0 aliphatic carbocycles. The van der Waals surface area contributed by atoms with E-state index in [9.17, 15) is 0 Å². The summed E-state index contributed by atoms with van der Waals surface area (Å²) in [5, 5.41) is 0. The lowest BCUT2D eigenvalue weighted by molar-refractivity contribution is 0.354. The Morgan fingerprint density at radius 1 is 1.09 bits per heavy atom. The number of rotatable bonds is 5. The largest absolute Gasteiger partial charge is 0.493 e. The Morgan fingerprint density at radius 3 is 2.64 bits per heavy atom. The summed E-state index contributed by atoms with van der Waals surface area (Å²) in [5.41, 5.74) is 8.87. The molecule has 1 aromatic carbocycles. The molecule has 3 rings (SSSR count). The number of imidazole rings is 1. The lowest BCUT2D eigenvalue weighted by Gasteiger charge is -2.09. The first-order valence-electron chi connectivity index (χ1n) is 7.12. The van der Waals surface area contributed by atoms with Crippen LogP contribution in [0.5, 0.6) is 11.5 Å². The van der Waals surface area contributed by atoms with Crippen LogP contribution in [-0.4, -0.2) is 23.6 Å². The summed E-state index contributed by atoms with van der Waals surface area (Å²) in [6, 6.07) is 11.9. The third-order valence-electron chi connectivity index (χ3n) is 3.70. The summed E-state index contributed by atoms with van der Waals surface area (Å²) >= 11 is 0. The molecule has 0 spiro atoms. The van der Waals surface area contributed by atoms with Crippen molar-refractivity contribution in [2.75, 3.05) is 14.2 Å². The van der Waals surface area contributed by atoms with E-state index in [1.54, 1.807) is 14.2 Å². The van der Waals surface area contributed by atoms with Gasteiger partial charge in [0.2, 0.25) is 0 Å². The van der Waals surface area contributed by atoms with E-state index in [2.05, 4.69) is 9.38 Å². The van der Waals surface area contributed by atoms with Crippen LogP contribution < -0.4 is 15.2 Å². The fraction of sp³-hybridized carbons (Fsp3) is 0.235. The molecule has 3 aromatic rings. The molecule has 22 heavy (non-hydrogen) atoms. The first kappa shape index (κ1) is 14.4. The summed E-state index contributed by atoms with van der Waals surface area (Å²) in [5.74, 6) is 2.41. The van der Waals surface area contributed by atoms with Crippen LogP contribution in [0.25, 0.3) is 5.52 Å². The van der Waals surface area contributed by atoms with Crippen molar-refractivity contribution in [1.82, 2.24) is 9.38 Å². The zero-order chi connectivity index (χ0) is 15.5. The van der Waals surface area contributed by atoms with Crippen LogP contribution in [0.4, 0.5) is 0 Å². The first-order valence-corrected chi connectivity index (χ1v) is 7.12. The number of hydrogen-bond donors (Lipinski definition) is 1. The maximum atomic E-state index is 5.79. The Labute approximate surface area is 129 Å². The van der Waals surface area contributed by atoms with E-state index in [0.717, 1.165) is 34.1 Å². The summed E-state index contributed by atoms with van der Waals surface area (Å²) in [7, 11) is 3.27. The molecule has 0 unspecified atom stereocenters. The fourth-order valence-corrected chi connectivity index (χ4v) is 2.62. The molecule has 0 radical (unpaired) electrons. The number of methoxy groups -OCH3 is 2. The average Bonchev–Trinajstić information content (AvgIpc) is 2.93. The number of hydrogen-bond acceptors (Lipinski definition) is 4. The van der Waals surface area contributed by atoms with E-state index in [-0.39, 0.29) is 0 Å². The van der Waals surface area contributed by atoms with Crippen molar-refractivity contribution in [3.8, 4) is 11.5 Å². The molecule has 0 aliphatic heterocycles. The Hall–Kier alpha value is -2.53. The molecule has 0 atom stereocenters. The van der Waals surface area contributed by atoms with Crippen molar-refractivity contribution in [3.63, 3.8) is 0 Å². The van der Waals surface area contributed by atoms with Gasteiger partial charge in [-0.25, -0.2) is 4.98 Å². The van der Waals surface area contributed by atoms with Crippen molar-refractivity contribution in [1.29, 1.82) is 0 Å². The standard InChI is InChI=1S/C17H19N3O2/c1-21-15-7-6-12(9-16(15)22-2)10-17-19-13(11-18)14-5-3-4-8-20(14)17/h3-9H,10-11,18H2,1-2H3. The highest BCUT2D eigenvalue weighted by Gasteiger charge is 2.11. The van der Waals surface area contributed by atoms with Crippen LogP contribution in [0.2, 0.25) is 0 Å². The van der Waals surface area contributed by atoms with Gasteiger partial charge in [-0.2, -0.15) is 0 Å².